The van der Waals surface area contributed by atoms with Crippen molar-refractivity contribution in [2.75, 3.05) is 6.54 Å². The van der Waals surface area contributed by atoms with E-state index in [-0.39, 0.29) is 0 Å². The summed E-state index contributed by atoms with van der Waals surface area (Å²) in [5.74, 6) is 0.441. The zero-order valence-corrected chi connectivity index (χ0v) is 8.63. The molecule has 0 fully saturated rings. The number of unbranched alkanes of at least 4 members (excludes halogenated alkanes) is 1. The van der Waals surface area contributed by atoms with Crippen LogP contribution in [0.5, 0.6) is 0 Å². The fraction of sp³-hybridized carbons (Fsp3) is 0.500. The molecule has 0 aromatic rings. The number of hydrogen-bond donors (Lipinski definition) is 1. The minimum atomic E-state index is 0.441. The maximum absolute atomic E-state index is 5.67. The highest BCUT2D eigenvalue weighted by Crippen LogP contribution is 2.16. The van der Waals surface area contributed by atoms with Crippen molar-refractivity contribution in [3.63, 3.8) is 0 Å². The molecule has 1 heteroatoms. The van der Waals surface area contributed by atoms with Gasteiger partial charge in [-0.1, -0.05) is 30.4 Å². The normalized spacial score (nSPS) is 13.1. The van der Waals surface area contributed by atoms with E-state index < -0.39 is 0 Å². The molecule has 0 aromatic carbocycles. The van der Waals surface area contributed by atoms with E-state index in [4.69, 9.17) is 5.73 Å². The minimum absolute atomic E-state index is 0.441. The van der Waals surface area contributed by atoms with Gasteiger partial charge in [-0.15, -0.1) is 6.58 Å². The van der Waals surface area contributed by atoms with Gasteiger partial charge in [0, 0.05) is 0 Å². The van der Waals surface area contributed by atoms with Gasteiger partial charge >= 0.3 is 0 Å². The zero-order chi connectivity index (χ0) is 10.1. The van der Waals surface area contributed by atoms with E-state index in [0.717, 1.165) is 24.8 Å². The van der Waals surface area contributed by atoms with Gasteiger partial charge in [0.15, 0.2) is 0 Å². The van der Waals surface area contributed by atoms with Crippen molar-refractivity contribution < 1.29 is 0 Å². The number of hydrogen-bond acceptors (Lipinski definition) is 1. The Morgan fingerprint density at radius 2 is 2.23 bits per heavy atom. The van der Waals surface area contributed by atoms with Crippen LogP contribution in [-0.4, -0.2) is 6.54 Å². The van der Waals surface area contributed by atoms with Crippen LogP contribution in [0.25, 0.3) is 0 Å². The predicted molar refractivity (Wildman–Crippen MR) is 60.5 cm³/mol. The Hall–Kier alpha value is -0.820. The first-order valence-electron chi connectivity index (χ1n) is 4.88. The molecule has 0 heterocycles. The van der Waals surface area contributed by atoms with Gasteiger partial charge in [0.05, 0.1) is 0 Å². The SMILES string of the molecule is C=CCCCC(CN)C(=C)/C=C\C. The molecule has 0 saturated heterocycles. The molecule has 0 amide bonds. The summed E-state index contributed by atoms with van der Waals surface area (Å²) in [4.78, 5) is 0. The van der Waals surface area contributed by atoms with E-state index in [0.29, 0.717) is 12.5 Å². The van der Waals surface area contributed by atoms with Gasteiger partial charge in [-0.25, -0.2) is 0 Å². The fourth-order valence-corrected chi connectivity index (χ4v) is 1.31. The van der Waals surface area contributed by atoms with Crippen LogP contribution in [0.15, 0.2) is 37.0 Å². The second kappa shape index (κ2) is 7.81. The Bertz CT molecular complexity index is 180. The second-order valence-electron chi connectivity index (χ2n) is 3.23. The topological polar surface area (TPSA) is 26.0 Å². The summed E-state index contributed by atoms with van der Waals surface area (Å²) in [5.41, 5.74) is 6.81. The molecule has 0 aliphatic rings. The smallest absolute Gasteiger partial charge is 0.000845 e. The Kier molecular flexibility index (Phi) is 7.32. The quantitative estimate of drug-likeness (QED) is 0.363. The summed E-state index contributed by atoms with van der Waals surface area (Å²) in [6, 6.07) is 0. The molecule has 0 spiro atoms. The van der Waals surface area contributed by atoms with Gasteiger partial charge in [0.25, 0.3) is 0 Å². The molecule has 1 nitrogen and oxygen atoms in total. The predicted octanol–water partition coefficient (Wildman–Crippen LogP) is 3.05. The van der Waals surface area contributed by atoms with Crippen LogP contribution in [-0.2, 0) is 0 Å². The van der Waals surface area contributed by atoms with Gasteiger partial charge in [-0.2, -0.15) is 0 Å². The van der Waals surface area contributed by atoms with Crippen LogP contribution < -0.4 is 5.73 Å². The minimum Gasteiger partial charge on any atom is -0.330 e. The average molecular weight is 179 g/mol. The lowest BCUT2D eigenvalue weighted by molar-refractivity contribution is 0.558. The summed E-state index contributed by atoms with van der Waals surface area (Å²) < 4.78 is 0. The van der Waals surface area contributed by atoms with Gasteiger partial charge in [-0.05, 0) is 38.6 Å². The van der Waals surface area contributed by atoms with Crippen LogP contribution in [0.4, 0.5) is 0 Å². The fourth-order valence-electron chi connectivity index (χ4n) is 1.31. The molecule has 74 valence electrons. The number of nitrogens with two attached hydrogens (primary N) is 1. The molecule has 0 bridgehead atoms. The molecule has 0 aromatic heterocycles. The van der Waals surface area contributed by atoms with Gasteiger partial charge in [-0.3, -0.25) is 0 Å². The van der Waals surface area contributed by atoms with E-state index in [1.165, 1.54) is 0 Å². The van der Waals surface area contributed by atoms with Crippen LogP contribution in [0.2, 0.25) is 0 Å². The van der Waals surface area contributed by atoms with Crippen molar-refractivity contribution in [1.29, 1.82) is 0 Å². The molecule has 0 radical (unpaired) electrons. The Balaban J connectivity index is 3.87. The van der Waals surface area contributed by atoms with Gasteiger partial charge < -0.3 is 5.73 Å². The maximum Gasteiger partial charge on any atom is -0.000845 e. The van der Waals surface area contributed by atoms with Crippen molar-refractivity contribution in [1.82, 2.24) is 0 Å². The molecule has 1 unspecified atom stereocenters. The highest BCUT2D eigenvalue weighted by Gasteiger charge is 2.06. The first-order valence-corrected chi connectivity index (χ1v) is 4.88. The highest BCUT2D eigenvalue weighted by atomic mass is 14.5. The molecule has 0 rings (SSSR count). The van der Waals surface area contributed by atoms with Crippen LogP contribution in [0, 0.1) is 5.92 Å². The Labute approximate surface area is 82.0 Å². The van der Waals surface area contributed by atoms with Crippen LogP contribution in [0.3, 0.4) is 0 Å². The second-order valence-corrected chi connectivity index (χ2v) is 3.23. The zero-order valence-electron chi connectivity index (χ0n) is 8.63. The van der Waals surface area contributed by atoms with E-state index >= 15 is 0 Å². The third-order valence-corrected chi connectivity index (χ3v) is 2.15. The van der Waals surface area contributed by atoms with Crippen LogP contribution in [0.1, 0.15) is 26.2 Å². The van der Waals surface area contributed by atoms with Crippen molar-refractivity contribution in [3.05, 3.63) is 37.0 Å². The summed E-state index contributed by atoms with van der Waals surface area (Å²) >= 11 is 0. The first-order chi connectivity index (χ1) is 6.26. The molecule has 13 heavy (non-hydrogen) atoms. The Morgan fingerprint density at radius 3 is 2.69 bits per heavy atom. The number of rotatable bonds is 7. The molecular weight excluding hydrogens is 158 g/mol. The lowest BCUT2D eigenvalue weighted by Gasteiger charge is -2.14. The third kappa shape index (κ3) is 5.42. The lowest BCUT2D eigenvalue weighted by Crippen LogP contribution is -2.15. The first kappa shape index (κ1) is 12.2. The van der Waals surface area contributed by atoms with Crippen molar-refractivity contribution in [2.45, 2.75) is 26.2 Å². The maximum atomic E-state index is 5.67. The summed E-state index contributed by atoms with van der Waals surface area (Å²) in [7, 11) is 0. The van der Waals surface area contributed by atoms with E-state index in [1.807, 2.05) is 25.2 Å². The Morgan fingerprint density at radius 1 is 1.54 bits per heavy atom. The average Bonchev–Trinajstić information content (AvgIpc) is 2.13. The summed E-state index contributed by atoms with van der Waals surface area (Å²) in [6.45, 7) is 10.4. The van der Waals surface area contributed by atoms with Crippen molar-refractivity contribution in [3.8, 4) is 0 Å². The van der Waals surface area contributed by atoms with Crippen molar-refractivity contribution in [2.24, 2.45) is 11.7 Å². The molecule has 1 atom stereocenters. The van der Waals surface area contributed by atoms with E-state index in [9.17, 15) is 0 Å². The van der Waals surface area contributed by atoms with E-state index in [1.54, 1.807) is 0 Å². The molecule has 0 aliphatic heterocycles. The monoisotopic (exact) mass is 179 g/mol. The highest BCUT2D eigenvalue weighted by molar-refractivity contribution is 5.17. The largest absolute Gasteiger partial charge is 0.330 e. The van der Waals surface area contributed by atoms with E-state index in [2.05, 4.69) is 13.2 Å². The lowest BCUT2D eigenvalue weighted by atomic mass is 9.94. The molecule has 0 aliphatic carbocycles. The standard InChI is InChI=1S/C12H21N/c1-4-6-7-9-12(10-13)11(3)8-5-2/h4-5,8,12H,1,3,6-7,9-10,13H2,2H3/b8-5-. The molecular formula is C12H21N. The van der Waals surface area contributed by atoms with Gasteiger partial charge in [0.2, 0.25) is 0 Å². The summed E-state index contributed by atoms with van der Waals surface area (Å²) in [6.07, 6.45) is 9.35. The summed E-state index contributed by atoms with van der Waals surface area (Å²) in [5, 5.41) is 0. The van der Waals surface area contributed by atoms with Crippen molar-refractivity contribution >= 4 is 0 Å². The van der Waals surface area contributed by atoms with Crippen LogP contribution >= 0.6 is 0 Å². The third-order valence-electron chi connectivity index (χ3n) is 2.15. The molecule has 2 N–H and O–H groups in total. The van der Waals surface area contributed by atoms with Gasteiger partial charge in [0.1, 0.15) is 0 Å². The number of allylic oxidation sites excluding steroid dienone is 3. The molecule has 0 saturated carbocycles.